The highest BCUT2D eigenvalue weighted by Gasteiger charge is 2.53. The molecule has 6 rings (SSSR count). The van der Waals surface area contributed by atoms with Crippen molar-refractivity contribution in [2.24, 2.45) is 0 Å². The molecule has 1 amide bonds. The van der Waals surface area contributed by atoms with Gasteiger partial charge in [-0.3, -0.25) is 15.1 Å². The number of aliphatic carboxylic acids is 1. The van der Waals surface area contributed by atoms with E-state index in [9.17, 15) is 14.7 Å². The summed E-state index contributed by atoms with van der Waals surface area (Å²) in [5.74, 6) is 5.72. The first-order chi connectivity index (χ1) is 17.9. The van der Waals surface area contributed by atoms with Crippen LogP contribution in [0.4, 0.5) is 10.5 Å². The van der Waals surface area contributed by atoms with Crippen LogP contribution in [0.5, 0.6) is 0 Å². The number of hydrogen-bond acceptors (Lipinski definition) is 7. The zero-order chi connectivity index (χ0) is 25.6. The number of carbonyl (C=O) groups is 2. The zero-order valence-electron chi connectivity index (χ0n) is 19.6. The van der Waals surface area contributed by atoms with Gasteiger partial charge in [-0.25, -0.2) is 4.79 Å². The second-order valence-corrected chi connectivity index (χ2v) is 11.2. The van der Waals surface area contributed by atoms with E-state index in [1.54, 1.807) is 18.5 Å². The molecule has 1 atom stereocenters. The number of rotatable bonds is 5. The van der Waals surface area contributed by atoms with E-state index in [4.69, 9.17) is 9.15 Å². The van der Waals surface area contributed by atoms with Crippen LogP contribution in [0.25, 0.3) is 20.4 Å². The second-order valence-electron chi connectivity index (χ2n) is 8.86. The Kier molecular flexibility index (Phi) is 5.71. The van der Waals surface area contributed by atoms with Crippen molar-refractivity contribution in [2.75, 3.05) is 5.32 Å². The van der Waals surface area contributed by atoms with E-state index in [1.807, 2.05) is 49.4 Å². The average molecular weight is 529 g/mol. The van der Waals surface area contributed by atoms with Gasteiger partial charge in [0.05, 0.1) is 15.1 Å². The molecule has 37 heavy (non-hydrogen) atoms. The monoisotopic (exact) mass is 528 g/mol. The third kappa shape index (κ3) is 4.35. The van der Waals surface area contributed by atoms with E-state index in [-0.39, 0.29) is 0 Å². The minimum absolute atomic E-state index is 0.299. The quantitative estimate of drug-likeness (QED) is 0.240. The molecule has 184 valence electrons. The molecule has 0 saturated heterocycles. The number of nitrogens with zero attached hydrogens (tertiary/aromatic N) is 1. The van der Waals surface area contributed by atoms with Crippen LogP contribution in [0.2, 0.25) is 0 Å². The summed E-state index contributed by atoms with van der Waals surface area (Å²) in [5.41, 5.74) is 1.10. The summed E-state index contributed by atoms with van der Waals surface area (Å²) in [6, 6.07) is 15.2. The van der Waals surface area contributed by atoms with E-state index in [0.717, 1.165) is 24.7 Å². The zero-order valence-corrected chi connectivity index (χ0v) is 21.2. The third-order valence-electron chi connectivity index (χ3n) is 6.42. The lowest BCUT2D eigenvalue weighted by atomic mass is 10.1. The van der Waals surface area contributed by atoms with Crippen molar-refractivity contribution in [1.29, 1.82) is 0 Å². The van der Waals surface area contributed by atoms with Gasteiger partial charge in [-0.05, 0) is 55.4 Å². The summed E-state index contributed by atoms with van der Waals surface area (Å²) in [6.45, 7) is 1.81. The Hall–Kier alpha value is -4.13. The van der Waals surface area contributed by atoms with Crippen molar-refractivity contribution in [3.63, 3.8) is 0 Å². The maximum Gasteiger partial charge on any atom is 0.412 e. The summed E-state index contributed by atoms with van der Waals surface area (Å²) in [6.07, 6.45) is 3.51. The van der Waals surface area contributed by atoms with Gasteiger partial charge in [0.25, 0.3) is 0 Å². The molecule has 4 heterocycles. The number of furan rings is 1. The number of benzene rings is 1. The van der Waals surface area contributed by atoms with E-state index < -0.39 is 23.6 Å². The largest absolute Gasteiger partial charge is 0.481 e. The van der Waals surface area contributed by atoms with Gasteiger partial charge in [0.1, 0.15) is 17.2 Å². The molecule has 9 heteroatoms. The predicted octanol–water partition coefficient (Wildman–Crippen LogP) is 6.93. The summed E-state index contributed by atoms with van der Waals surface area (Å²) in [5, 5.41) is 14.0. The molecule has 1 aliphatic carbocycles. The number of pyridine rings is 1. The smallest absolute Gasteiger partial charge is 0.412 e. The SMILES string of the molecule is CC(OC(=O)Nc1c(C#Cc2cc3cc(C4(C(=O)O)CC4)sc3s2)oc2cnccc12)c1ccccc1. The highest BCUT2D eigenvalue weighted by atomic mass is 32.2. The Morgan fingerprint density at radius 1 is 1.16 bits per heavy atom. The number of carboxylic acids is 1. The molecule has 0 spiro atoms. The van der Waals surface area contributed by atoms with Crippen molar-refractivity contribution >= 4 is 60.8 Å². The number of carboxylic acid groups (broad SMARTS) is 1. The van der Waals surface area contributed by atoms with Crippen molar-refractivity contribution < 1.29 is 23.8 Å². The fourth-order valence-corrected chi connectivity index (χ4v) is 6.73. The fourth-order valence-electron chi connectivity index (χ4n) is 4.19. The van der Waals surface area contributed by atoms with Crippen LogP contribution in [0.1, 0.15) is 46.9 Å². The van der Waals surface area contributed by atoms with Crippen molar-refractivity contribution in [3.8, 4) is 11.8 Å². The van der Waals surface area contributed by atoms with E-state index in [2.05, 4.69) is 22.1 Å². The maximum absolute atomic E-state index is 12.7. The number of aromatic nitrogens is 1. The van der Waals surface area contributed by atoms with Crippen LogP contribution in [-0.4, -0.2) is 22.2 Å². The van der Waals surface area contributed by atoms with Gasteiger partial charge in [0, 0.05) is 21.8 Å². The Labute approximate surface area is 219 Å². The topological polar surface area (TPSA) is 102 Å². The molecule has 1 unspecified atom stereocenters. The number of thiophene rings is 2. The highest BCUT2D eigenvalue weighted by molar-refractivity contribution is 7.38. The van der Waals surface area contributed by atoms with Gasteiger partial charge < -0.3 is 14.3 Å². The standard InChI is InChI=1S/C28H20N2O5S2/c1-16(17-5-3-2-4-6-17)34-27(33)30-24-20-9-12-29-15-22(20)35-21(24)8-7-19-13-18-14-23(37-25(18)36-19)28(10-11-28)26(31)32/h2-6,9,12-16H,10-11H2,1H3,(H,30,33)(H,31,32). The molecular formula is C28H20N2O5S2. The molecule has 1 saturated carbocycles. The molecule has 0 aliphatic heterocycles. The van der Waals surface area contributed by atoms with E-state index >= 15 is 0 Å². The average Bonchev–Trinajstić information content (AvgIpc) is 3.33. The van der Waals surface area contributed by atoms with Crippen molar-refractivity contribution in [2.45, 2.75) is 31.3 Å². The highest BCUT2D eigenvalue weighted by Crippen LogP contribution is 2.52. The predicted molar refractivity (Wildman–Crippen MR) is 143 cm³/mol. The molecular weight excluding hydrogens is 508 g/mol. The summed E-state index contributed by atoms with van der Waals surface area (Å²) >= 11 is 3.03. The van der Waals surface area contributed by atoms with Crippen LogP contribution in [0.15, 0.2) is 65.3 Å². The minimum atomic E-state index is -0.752. The van der Waals surface area contributed by atoms with Crippen LogP contribution in [0.3, 0.4) is 0 Å². The number of nitrogens with one attached hydrogen (secondary N) is 1. The van der Waals surface area contributed by atoms with Gasteiger partial charge in [-0.2, -0.15) is 0 Å². The maximum atomic E-state index is 12.7. The number of amides is 1. The van der Waals surface area contributed by atoms with E-state index in [0.29, 0.717) is 35.3 Å². The molecule has 4 aromatic heterocycles. The Morgan fingerprint density at radius 3 is 2.70 bits per heavy atom. The lowest BCUT2D eigenvalue weighted by molar-refractivity contribution is -0.139. The van der Waals surface area contributed by atoms with Crippen molar-refractivity contribution in [3.05, 3.63) is 82.0 Å². The summed E-state index contributed by atoms with van der Waals surface area (Å²) < 4.78 is 12.5. The summed E-state index contributed by atoms with van der Waals surface area (Å²) in [7, 11) is 0. The van der Waals surface area contributed by atoms with E-state index in [1.165, 1.54) is 22.7 Å². The first-order valence-electron chi connectivity index (χ1n) is 11.6. The molecule has 5 aromatic rings. The molecule has 1 aliphatic rings. The Balaban J connectivity index is 1.26. The Bertz CT molecular complexity index is 1690. The number of anilines is 1. The lowest BCUT2D eigenvalue weighted by Gasteiger charge is -2.14. The van der Waals surface area contributed by atoms with Crippen molar-refractivity contribution in [1.82, 2.24) is 4.98 Å². The minimum Gasteiger partial charge on any atom is -0.481 e. The normalized spacial score (nSPS) is 14.6. The number of fused-ring (bicyclic) bond motifs is 2. The van der Waals surface area contributed by atoms with Crippen LogP contribution in [-0.2, 0) is 14.9 Å². The van der Waals surface area contributed by atoms with Crippen LogP contribution >= 0.6 is 22.7 Å². The van der Waals surface area contributed by atoms with Crippen LogP contribution < -0.4 is 5.32 Å². The molecule has 0 radical (unpaired) electrons. The Morgan fingerprint density at radius 2 is 1.97 bits per heavy atom. The molecule has 2 N–H and O–H groups in total. The lowest BCUT2D eigenvalue weighted by Crippen LogP contribution is -2.17. The van der Waals surface area contributed by atoms with Crippen LogP contribution in [0, 0.1) is 11.8 Å². The molecule has 7 nitrogen and oxygen atoms in total. The third-order valence-corrected chi connectivity index (χ3v) is 8.93. The number of ether oxygens (including phenoxy) is 1. The number of carbonyl (C=O) groups excluding carboxylic acids is 1. The van der Waals surface area contributed by atoms with Gasteiger partial charge in [-0.15, -0.1) is 22.7 Å². The molecule has 1 aromatic carbocycles. The van der Waals surface area contributed by atoms with Gasteiger partial charge in [0.2, 0.25) is 5.76 Å². The van der Waals surface area contributed by atoms with Gasteiger partial charge in [-0.1, -0.05) is 30.3 Å². The van der Waals surface area contributed by atoms with Gasteiger partial charge >= 0.3 is 12.1 Å². The first kappa shape index (κ1) is 23.3. The molecule has 1 fully saturated rings. The summed E-state index contributed by atoms with van der Waals surface area (Å²) in [4.78, 5) is 30.2. The fraction of sp³-hybridized carbons (Fsp3) is 0.179. The van der Waals surface area contributed by atoms with Gasteiger partial charge in [0.15, 0.2) is 5.58 Å². The molecule has 0 bridgehead atoms. The second kappa shape index (κ2) is 9.07. The number of hydrogen-bond donors (Lipinski definition) is 2. The first-order valence-corrected chi connectivity index (χ1v) is 13.2.